The summed E-state index contributed by atoms with van der Waals surface area (Å²) >= 11 is 6.72. The summed E-state index contributed by atoms with van der Waals surface area (Å²) < 4.78 is 6.11. The van der Waals surface area contributed by atoms with Crippen molar-refractivity contribution in [3.05, 3.63) is 94.4 Å². The number of anilines is 2. The van der Waals surface area contributed by atoms with Gasteiger partial charge in [-0.1, -0.05) is 72.9 Å². The number of aryl methyl sites for hydroxylation is 2. The SMILES string of the molecule is CCc1ccc(NC(=O)COc2ccc(/C=C3\SC(=S)N(c4ccc(C)cc4)C3=O)cc2)cc1. The van der Waals surface area contributed by atoms with Gasteiger partial charge in [-0.15, -0.1) is 0 Å². The number of ether oxygens (including phenoxy) is 1. The Morgan fingerprint density at radius 3 is 2.35 bits per heavy atom. The molecule has 0 radical (unpaired) electrons. The Morgan fingerprint density at radius 1 is 1.03 bits per heavy atom. The summed E-state index contributed by atoms with van der Waals surface area (Å²) in [6.45, 7) is 3.99. The molecule has 1 fully saturated rings. The topological polar surface area (TPSA) is 58.6 Å². The van der Waals surface area contributed by atoms with Gasteiger partial charge in [0.2, 0.25) is 0 Å². The Bertz CT molecular complexity index is 1230. The molecular weight excluding hydrogens is 464 g/mol. The predicted molar refractivity (Wildman–Crippen MR) is 143 cm³/mol. The zero-order valence-electron chi connectivity index (χ0n) is 18.9. The van der Waals surface area contributed by atoms with Crippen molar-refractivity contribution in [2.45, 2.75) is 20.3 Å². The molecule has 1 N–H and O–H groups in total. The summed E-state index contributed by atoms with van der Waals surface area (Å²) in [6, 6.07) is 22.7. The molecule has 0 bridgehead atoms. The van der Waals surface area contributed by atoms with Crippen LogP contribution in [0.3, 0.4) is 0 Å². The van der Waals surface area contributed by atoms with Crippen LogP contribution in [0.25, 0.3) is 6.08 Å². The minimum atomic E-state index is -0.229. The van der Waals surface area contributed by atoms with Crippen molar-refractivity contribution in [2.24, 2.45) is 0 Å². The van der Waals surface area contributed by atoms with Crippen LogP contribution in [0.4, 0.5) is 11.4 Å². The second-order valence-corrected chi connectivity index (χ2v) is 9.48. The first kappa shape index (κ1) is 23.7. The fourth-order valence-electron chi connectivity index (χ4n) is 3.37. The van der Waals surface area contributed by atoms with Crippen LogP contribution in [0.1, 0.15) is 23.6 Å². The lowest BCUT2D eigenvalue weighted by atomic mass is 10.1. The number of benzene rings is 3. The van der Waals surface area contributed by atoms with Crippen LogP contribution in [0.2, 0.25) is 0 Å². The van der Waals surface area contributed by atoms with Gasteiger partial charge in [0.25, 0.3) is 11.8 Å². The molecule has 34 heavy (non-hydrogen) atoms. The van der Waals surface area contributed by atoms with Crippen molar-refractivity contribution in [2.75, 3.05) is 16.8 Å². The molecule has 0 aromatic heterocycles. The van der Waals surface area contributed by atoms with Gasteiger partial charge >= 0.3 is 0 Å². The Hall–Kier alpha value is -3.42. The van der Waals surface area contributed by atoms with Gasteiger partial charge in [-0.2, -0.15) is 0 Å². The van der Waals surface area contributed by atoms with Gasteiger partial charge in [-0.05, 0) is 66.9 Å². The van der Waals surface area contributed by atoms with Crippen molar-refractivity contribution < 1.29 is 14.3 Å². The molecule has 0 saturated carbocycles. The van der Waals surface area contributed by atoms with E-state index in [1.807, 2.05) is 73.7 Å². The Labute approximate surface area is 208 Å². The fourth-order valence-corrected chi connectivity index (χ4v) is 4.66. The fraction of sp³-hybridized carbons (Fsp3) is 0.148. The number of carbonyl (C=O) groups is 2. The molecule has 3 aromatic rings. The summed E-state index contributed by atoms with van der Waals surface area (Å²) in [5.41, 5.74) is 4.68. The van der Waals surface area contributed by atoms with Gasteiger partial charge in [0.1, 0.15) is 5.75 Å². The van der Waals surface area contributed by atoms with E-state index in [-0.39, 0.29) is 18.4 Å². The zero-order valence-corrected chi connectivity index (χ0v) is 20.5. The number of carbonyl (C=O) groups excluding carboxylic acids is 2. The molecule has 7 heteroatoms. The lowest BCUT2D eigenvalue weighted by Gasteiger charge is -2.14. The van der Waals surface area contributed by atoms with Gasteiger partial charge in [0, 0.05) is 5.69 Å². The van der Waals surface area contributed by atoms with Crippen molar-refractivity contribution in [1.29, 1.82) is 0 Å². The summed E-state index contributed by atoms with van der Waals surface area (Å²) in [7, 11) is 0. The standard InChI is InChI=1S/C27H24N2O3S2/c1-3-19-6-10-21(11-7-19)28-25(30)17-32-23-14-8-20(9-15-23)16-24-26(31)29(27(33)34-24)22-12-4-18(2)5-13-22/h4-16H,3,17H2,1-2H3,(H,28,30)/b24-16-. The second kappa shape index (κ2) is 10.7. The predicted octanol–water partition coefficient (Wildman–Crippen LogP) is 5.98. The lowest BCUT2D eigenvalue weighted by Crippen LogP contribution is -2.27. The van der Waals surface area contributed by atoms with Gasteiger partial charge in [-0.25, -0.2) is 0 Å². The summed E-state index contributed by atoms with van der Waals surface area (Å²) in [4.78, 5) is 27.2. The van der Waals surface area contributed by atoms with Gasteiger partial charge < -0.3 is 10.1 Å². The van der Waals surface area contributed by atoms with Gasteiger partial charge in [-0.3, -0.25) is 14.5 Å². The number of rotatable bonds is 7. The van der Waals surface area contributed by atoms with E-state index in [1.54, 1.807) is 17.0 Å². The quantitative estimate of drug-likeness (QED) is 0.327. The van der Waals surface area contributed by atoms with E-state index in [0.717, 1.165) is 28.9 Å². The molecule has 4 rings (SSSR count). The number of nitrogens with one attached hydrogen (secondary N) is 1. The van der Waals surface area contributed by atoms with E-state index >= 15 is 0 Å². The van der Waals surface area contributed by atoms with Crippen LogP contribution in [0, 0.1) is 6.92 Å². The van der Waals surface area contributed by atoms with E-state index in [2.05, 4.69) is 12.2 Å². The molecule has 1 aliphatic rings. The lowest BCUT2D eigenvalue weighted by molar-refractivity contribution is -0.118. The molecule has 5 nitrogen and oxygen atoms in total. The highest BCUT2D eigenvalue weighted by Crippen LogP contribution is 2.36. The smallest absolute Gasteiger partial charge is 0.270 e. The molecule has 1 saturated heterocycles. The number of nitrogens with zero attached hydrogens (tertiary/aromatic N) is 1. The first-order valence-corrected chi connectivity index (χ1v) is 12.1. The normalized spacial score (nSPS) is 14.5. The number of amides is 2. The van der Waals surface area contributed by atoms with E-state index in [9.17, 15) is 9.59 Å². The molecular formula is C27H24N2O3S2. The highest BCUT2D eigenvalue weighted by molar-refractivity contribution is 8.27. The molecule has 1 aliphatic heterocycles. The molecule has 0 atom stereocenters. The van der Waals surface area contributed by atoms with Crippen LogP contribution < -0.4 is 15.0 Å². The first-order chi connectivity index (χ1) is 16.4. The molecule has 0 spiro atoms. The maximum atomic E-state index is 12.9. The monoisotopic (exact) mass is 488 g/mol. The second-order valence-electron chi connectivity index (χ2n) is 7.81. The molecule has 2 amide bonds. The van der Waals surface area contributed by atoms with Gasteiger partial charge in [0.05, 0.1) is 10.6 Å². The van der Waals surface area contributed by atoms with Crippen LogP contribution in [0.15, 0.2) is 77.7 Å². The highest BCUT2D eigenvalue weighted by Gasteiger charge is 2.33. The van der Waals surface area contributed by atoms with E-state index in [4.69, 9.17) is 17.0 Å². The van der Waals surface area contributed by atoms with Crippen LogP contribution >= 0.6 is 24.0 Å². The number of hydrogen-bond acceptors (Lipinski definition) is 5. The van der Waals surface area contributed by atoms with E-state index in [0.29, 0.717) is 15.0 Å². The Morgan fingerprint density at radius 2 is 1.71 bits per heavy atom. The number of hydrogen-bond donors (Lipinski definition) is 1. The third kappa shape index (κ3) is 5.73. The van der Waals surface area contributed by atoms with Crippen LogP contribution in [-0.2, 0) is 16.0 Å². The highest BCUT2D eigenvalue weighted by atomic mass is 32.2. The maximum absolute atomic E-state index is 12.9. The molecule has 3 aromatic carbocycles. The molecule has 0 aliphatic carbocycles. The van der Waals surface area contributed by atoms with E-state index in [1.165, 1.54) is 17.3 Å². The minimum absolute atomic E-state index is 0.0932. The third-order valence-corrected chi connectivity index (χ3v) is 6.58. The molecule has 0 unspecified atom stereocenters. The Balaban J connectivity index is 1.35. The van der Waals surface area contributed by atoms with E-state index < -0.39 is 0 Å². The zero-order chi connectivity index (χ0) is 24.1. The molecule has 172 valence electrons. The summed E-state index contributed by atoms with van der Waals surface area (Å²) in [5, 5.41) is 2.82. The molecule has 1 heterocycles. The Kier molecular flexibility index (Phi) is 7.45. The minimum Gasteiger partial charge on any atom is -0.484 e. The van der Waals surface area contributed by atoms with Crippen molar-refractivity contribution in [3.63, 3.8) is 0 Å². The third-order valence-electron chi connectivity index (χ3n) is 5.28. The average Bonchev–Trinajstić information content (AvgIpc) is 3.12. The summed E-state index contributed by atoms with van der Waals surface area (Å²) in [5.74, 6) is 0.205. The van der Waals surface area contributed by atoms with Crippen molar-refractivity contribution >= 4 is 57.6 Å². The van der Waals surface area contributed by atoms with Gasteiger partial charge in [0.15, 0.2) is 10.9 Å². The number of thioether (sulfide) groups is 1. The number of thiocarbonyl (C=S) groups is 1. The van der Waals surface area contributed by atoms with Crippen LogP contribution in [0.5, 0.6) is 5.75 Å². The largest absolute Gasteiger partial charge is 0.484 e. The maximum Gasteiger partial charge on any atom is 0.270 e. The van der Waals surface area contributed by atoms with Crippen LogP contribution in [-0.4, -0.2) is 22.7 Å². The van der Waals surface area contributed by atoms with Crippen molar-refractivity contribution in [3.8, 4) is 5.75 Å². The first-order valence-electron chi connectivity index (χ1n) is 10.9. The summed E-state index contributed by atoms with van der Waals surface area (Å²) in [6.07, 6.45) is 2.76. The van der Waals surface area contributed by atoms with Crippen molar-refractivity contribution in [1.82, 2.24) is 0 Å². The average molecular weight is 489 g/mol.